The lowest BCUT2D eigenvalue weighted by atomic mass is 10.2. The molecule has 3 atom stereocenters. The van der Waals surface area contributed by atoms with Gasteiger partial charge in [-0.25, -0.2) is 15.0 Å². The zero-order chi connectivity index (χ0) is 22.1. The van der Waals surface area contributed by atoms with Gasteiger partial charge < -0.3 is 20.7 Å². The molecular formula is C22H19N7O3. The van der Waals surface area contributed by atoms with Crippen LogP contribution in [0.5, 0.6) is 0 Å². The van der Waals surface area contributed by atoms with Gasteiger partial charge in [-0.15, -0.1) is 0 Å². The van der Waals surface area contributed by atoms with E-state index in [4.69, 9.17) is 10.5 Å². The van der Waals surface area contributed by atoms with Crippen molar-refractivity contribution in [1.82, 2.24) is 29.5 Å². The molecule has 0 amide bonds. The fourth-order valence-electron chi connectivity index (χ4n) is 3.59. The van der Waals surface area contributed by atoms with E-state index in [2.05, 4.69) is 36.8 Å². The third-order valence-electron chi connectivity index (χ3n) is 5.19. The van der Waals surface area contributed by atoms with E-state index in [0.717, 1.165) is 11.4 Å². The van der Waals surface area contributed by atoms with E-state index in [1.807, 2.05) is 30.3 Å². The maximum Gasteiger partial charge on any atom is 0.190 e. The monoisotopic (exact) mass is 429 g/mol. The fraction of sp³-hybridized carbons (Fsp3) is 0.227. The minimum atomic E-state index is -0.814. The Morgan fingerprint density at radius 2 is 1.97 bits per heavy atom. The Morgan fingerprint density at radius 3 is 2.69 bits per heavy atom. The van der Waals surface area contributed by atoms with Gasteiger partial charge >= 0.3 is 0 Å². The molecule has 0 spiro atoms. The molecule has 1 fully saturated rings. The largest absolute Gasteiger partial charge is 0.394 e. The molecule has 4 N–H and O–H groups in total. The summed E-state index contributed by atoms with van der Waals surface area (Å²) in [6, 6.07) is 9.34. The molecule has 10 nitrogen and oxygen atoms in total. The van der Waals surface area contributed by atoms with Gasteiger partial charge in [0.25, 0.3) is 0 Å². The lowest BCUT2D eigenvalue weighted by Crippen LogP contribution is -2.24. The van der Waals surface area contributed by atoms with Gasteiger partial charge in [0.1, 0.15) is 18.7 Å². The molecule has 1 saturated heterocycles. The van der Waals surface area contributed by atoms with Crippen molar-refractivity contribution in [2.45, 2.75) is 24.9 Å². The average molecular weight is 429 g/mol. The molecule has 0 aromatic carbocycles. The maximum atomic E-state index is 10.2. The number of hydrogen-bond acceptors (Lipinski definition) is 9. The minimum Gasteiger partial charge on any atom is -0.394 e. The number of aliphatic hydroxyl groups excluding tert-OH is 2. The predicted octanol–water partition coefficient (Wildman–Crippen LogP) is 0.906. The van der Waals surface area contributed by atoms with Crippen molar-refractivity contribution >= 4 is 17.0 Å². The van der Waals surface area contributed by atoms with Gasteiger partial charge in [0, 0.05) is 24.4 Å². The molecular weight excluding hydrogens is 410 g/mol. The lowest BCUT2D eigenvalue weighted by Gasteiger charge is -2.14. The molecule has 32 heavy (non-hydrogen) atoms. The van der Waals surface area contributed by atoms with Gasteiger partial charge in [-0.2, -0.15) is 0 Å². The number of pyridine rings is 2. The number of aromatic nitrogens is 6. The van der Waals surface area contributed by atoms with Gasteiger partial charge in [0.2, 0.25) is 0 Å². The fourth-order valence-corrected chi connectivity index (χ4v) is 3.59. The molecule has 1 aliphatic rings. The Morgan fingerprint density at radius 1 is 1.09 bits per heavy atom. The number of rotatable bonds is 3. The second-order valence-corrected chi connectivity index (χ2v) is 7.25. The summed E-state index contributed by atoms with van der Waals surface area (Å²) in [7, 11) is 0. The van der Waals surface area contributed by atoms with Crippen LogP contribution >= 0.6 is 0 Å². The van der Waals surface area contributed by atoms with Crippen LogP contribution in [0.3, 0.4) is 0 Å². The molecule has 4 aromatic rings. The van der Waals surface area contributed by atoms with E-state index in [9.17, 15) is 10.2 Å². The number of aliphatic hydroxyl groups is 2. The highest BCUT2D eigenvalue weighted by atomic mass is 16.5. The molecule has 10 heteroatoms. The lowest BCUT2D eigenvalue weighted by molar-refractivity contribution is -0.0434. The number of imidazole rings is 1. The Hall–Kier alpha value is -3.91. The Kier molecular flexibility index (Phi) is 5.20. The first-order valence-electron chi connectivity index (χ1n) is 9.96. The molecule has 0 saturated carbocycles. The maximum absolute atomic E-state index is 10.2. The highest BCUT2D eigenvalue weighted by Crippen LogP contribution is 2.32. The van der Waals surface area contributed by atoms with Crippen molar-refractivity contribution < 1.29 is 14.9 Å². The number of nitrogens with zero attached hydrogens (tertiary/aromatic N) is 6. The molecule has 0 unspecified atom stereocenters. The number of anilines is 1. The number of nitrogen functional groups attached to an aromatic ring is 1. The van der Waals surface area contributed by atoms with Gasteiger partial charge in [-0.3, -0.25) is 14.5 Å². The summed E-state index contributed by atoms with van der Waals surface area (Å²) >= 11 is 0. The quantitative estimate of drug-likeness (QED) is 0.404. The number of ether oxygens (including phenoxy) is 1. The highest BCUT2D eigenvalue weighted by molar-refractivity contribution is 5.82. The first kappa shape index (κ1) is 20.0. The van der Waals surface area contributed by atoms with Crippen LogP contribution < -0.4 is 5.73 Å². The summed E-state index contributed by atoms with van der Waals surface area (Å²) in [6.07, 6.45) is 2.86. The summed E-state index contributed by atoms with van der Waals surface area (Å²) < 4.78 is 7.48. The molecule has 4 aromatic heterocycles. The van der Waals surface area contributed by atoms with Crippen molar-refractivity contribution in [1.29, 1.82) is 0 Å². The molecule has 0 aliphatic carbocycles. The standard InChI is InChI=1S/C22H19N7O3/c23-21-20-22(27-12-26-21)29(19-9-16(31)17(11-30)32-19)18(28-20)7-5-13-4-6-15(25-10-13)14-3-1-2-8-24-14/h1-4,6,8,10,12,16-17,19,30-31H,9,11H2,(H2,23,26,27)/t16-,17+,19+/m0/s1. The SMILES string of the molecule is Nc1ncnc2c1nc(C#Cc1ccc(-c3ccccn3)nc1)n2[C@H]1C[C@H](O)[C@@H](CO)O1. The molecule has 160 valence electrons. The third-order valence-corrected chi connectivity index (χ3v) is 5.19. The average Bonchev–Trinajstić information content (AvgIpc) is 3.39. The van der Waals surface area contributed by atoms with Crippen molar-refractivity contribution in [3.05, 3.63) is 60.4 Å². The summed E-state index contributed by atoms with van der Waals surface area (Å²) in [6.45, 7) is -0.295. The Labute approximate surface area is 182 Å². The predicted molar refractivity (Wildman–Crippen MR) is 115 cm³/mol. The van der Waals surface area contributed by atoms with E-state index in [0.29, 0.717) is 22.6 Å². The van der Waals surface area contributed by atoms with Gasteiger partial charge in [-0.1, -0.05) is 12.0 Å². The molecule has 0 radical (unpaired) electrons. The van der Waals surface area contributed by atoms with Crippen LogP contribution in [-0.4, -0.2) is 58.5 Å². The summed E-state index contributed by atoms with van der Waals surface area (Å²) in [5.74, 6) is 6.65. The van der Waals surface area contributed by atoms with Gasteiger partial charge in [-0.05, 0) is 30.2 Å². The van der Waals surface area contributed by atoms with Crippen molar-refractivity contribution in [3.63, 3.8) is 0 Å². The zero-order valence-corrected chi connectivity index (χ0v) is 16.8. The zero-order valence-electron chi connectivity index (χ0n) is 16.8. The summed E-state index contributed by atoms with van der Waals surface area (Å²) in [4.78, 5) is 21.5. The second-order valence-electron chi connectivity index (χ2n) is 7.25. The molecule has 1 aliphatic heterocycles. The highest BCUT2D eigenvalue weighted by Gasteiger charge is 2.36. The number of nitrogens with two attached hydrogens (primary N) is 1. The topological polar surface area (TPSA) is 145 Å². The van der Waals surface area contributed by atoms with Crippen molar-refractivity contribution in [2.75, 3.05) is 12.3 Å². The summed E-state index contributed by atoms with van der Waals surface area (Å²) in [5.41, 5.74) is 9.02. The van der Waals surface area contributed by atoms with Crippen molar-refractivity contribution in [2.24, 2.45) is 0 Å². The van der Waals surface area contributed by atoms with Crippen LogP contribution in [0.2, 0.25) is 0 Å². The van der Waals surface area contributed by atoms with Crippen LogP contribution in [0.25, 0.3) is 22.6 Å². The van der Waals surface area contributed by atoms with E-state index >= 15 is 0 Å². The molecule has 5 heterocycles. The number of hydrogen-bond donors (Lipinski definition) is 3. The number of fused-ring (bicyclic) bond motifs is 1. The van der Waals surface area contributed by atoms with Crippen LogP contribution in [0.1, 0.15) is 24.0 Å². The van der Waals surface area contributed by atoms with E-state index in [-0.39, 0.29) is 18.8 Å². The minimum absolute atomic E-state index is 0.218. The third kappa shape index (κ3) is 3.65. The summed E-state index contributed by atoms with van der Waals surface area (Å²) in [5, 5.41) is 19.6. The first-order chi connectivity index (χ1) is 15.6. The van der Waals surface area contributed by atoms with Gasteiger partial charge in [0.15, 0.2) is 22.8 Å². The van der Waals surface area contributed by atoms with Crippen LogP contribution in [0.4, 0.5) is 5.82 Å². The van der Waals surface area contributed by atoms with Gasteiger partial charge in [0.05, 0.1) is 24.1 Å². The van der Waals surface area contributed by atoms with Crippen LogP contribution in [0, 0.1) is 11.8 Å². The normalized spacial score (nSPS) is 20.2. The molecule has 5 rings (SSSR count). The smallest absolute Gasteiger partial charge is 0.190 e. The van der Waals surface area contributed by atoms with E-state index in [1.54, 1.807) is 17.0 Å². The van der Waals surface area contributed by atoms with Crippen LogP contribution in [-0.2, 0) is 4.74 Å². The Bertz CT molecular complexity index is 1310. The van der Waals surface area contributed by atoms with Crippen LogP contribution in [0.15, 0.2) is 49.1 Å². The van der Waals surface area contributed by atoms with Crippen molar-refractivity contribution in [3.8, 4) is 23.2 Å². The van der Waals surface area contributed by atoms with E-state index in [1.165, 1.54) is 6.33 Å². The van der Waals surface area contributed by atoms with E-state index < -0.39 is 18.4 Å². The Balaban J connectivity index is 1.51. The second kappa shape index (κ2) is 8.32. The first-order valence-corrected chi connectivity index (χ1v) is 9.96. The molecule has 0 bridgehead atoms.